The van der Waals surface area contributed by atoms with Crippen molar-refractivity contribution in [2.45, 2.75) is 77.6 Å². The number of rotatable bonds is 14. The molecule has 0 spiro atoms. The normalized spacial score (nSPS) is 18.7. The molecule has 0 rings (SSSR count). The number of thiol groups is 7. The van der Waals surface area contributed by atoms with Crippen LogP contribution in [-0.2, 0) is 0 Å². The molecule has 0 aliphatic heterocycles. The lowest BCUT2D eigenvalue weighted by atomic mass is 10.0. The molecule has 0 bridgehead atoms. The second kappa shape index (κ2) is 15.7. The molecule has 0 aliphatic rings. The first-order valence-electron chi connectivity index (χ1n) is 8.01. The lowest BCUT2D eigenvalue weighted by Crippen LogP contribution is -2.13. The summed E-state index contributed by atoms with van der Waals surface area (Å²) in [6, 6.07) is 0. The highest BCUT2D eigenvalue weighted by Crippen LogP contribution is 2.23. The fourth-order valence-electron chi connectivity index (χ4n) is 2.24. The summed E-state index contributed by atoms with van der Waals surface area (Å²) in [5.74, 6) is 1.72. The molecule has 0 heterocycles. The van der Waals surface area contributed by atoms with E-state index >= 15 is 0 Å². The van der Waals surface area contributed by atoms with Crippen molar-refractivity contribution in [2.24, 2.45) is 0 Å². The Balaban J connectivity index is 3.68. The second-order valence-corrected chi connectivity index (χ2v) is 10.4. The molecule has 5 unspecified atom stereocenters. The topological polar surface area (TPSA) is 0 Å². The van der Waals surface area contributed by atoms with E-state index in [4.69, 9.17) is 25.3 Å². The number of hydrogen-bond acceptors (Lipinski definition) is 7. The maximum atomic E-state index is 4.71. The van der Waals surface area contributed by atoms with E-state index in [0.717, 1.165) is 62.9 Å². The van der Waals surface area contributed by atoms with Crippen LogP contribution in [0.3, 0.4) is 0 Å². The maximum Gasteiger partial charge on any atom is 0.0115 e. The van der Waals surface area contributed by atoms with E-state index in [1.807, 2.05) is 0 Å². The van der Waals surface area contributed by atoms with E-state index in [9.17, 15) is 0 Å². The fraction of sp³-hybridized carbons (Fsp3) is 1.00. The van der Waals surface area contributed by atoms with Crippen LogP contribution in [0.2, 0.25) is 0 Å². The van der Waals surface area contributed by atoms with Crippen LogP contribution < -0.4 is 0 Å². The summed E-state index contributed by atoms with van der Waals surface area (Å²) in [6.07, 6.45) is 8.80. The average molecular weight is 437 g/mol. The quantitative estimate of drug-likeness (QED) is 0.173. The van der Waals surface area contributed by atoms with E-state index in [2.05, 4.69) is 63.1 Å². The van der Waals surface area contributed by atoms with Gasteiger partial charge in [-0.3, -0.25) is 0 Å². The first-order chi connectivity index (χ1) is 10.4. The molecule has 0 nitrogen and oxygen atoms in total. The van der Waals surface area contributed by atoms with Crippen LogP contribution in [-0.4, -0.2) is 37.8 Å². The van der Waals surface area contributed by atoms with Crippen LogP contribution >= 0.6 is 88.4 Å². The molecule has 0 aromatic heterocycles. The van der Waals surface area contributed by atoms with Crippen molar-refractivity contribution in [3.63, 3.8) is 0 Å². The van der Waals surface area contributed by atoms with Gasteiger partial charge in [0.15, 0.2) is 0 Å². The van der Waals surface area contributed by atoms with Gasteiger partial charge in [0.25, 0.3) is 0 Å². The van der Waals surface area contributed by atoms with Gasteiger partial charge in [0.1, 0.15) is 0 Å². The molecule has 0 aromatic rings. The van der Waals surface area contributed by atoms with Gasteiger partial charge >= 0.3 is 0 Å². The van der Waals surface area contributed by atoms with Crippen molar-refractivity contribution >= 4 is 88.4 Å². The molecular weight excluding hydrogens is 405 g/mol. The zero-order valence-electron chi connectivity index (χ0n) is 13.1. The molecule has 0 amide bonds. The van der Waals surface area contributed by atoms with Crippen LogP contribution in [0.1, 0.15) is 51.4 Å². The third-order valence-electron chi connectivity index (χ3n) is 3.72. The molecule has 22 heavy (non-hydrogen) atoms. The maximum absolute atomic E-state index is 4.71. The largest absolute Gasteiger partial charge is 0.179 e. The highest BCUT2D eigenvalue weighted by atomic mass is 32.1. The van der Waals surface area contributed by atoms with Gasteiger partial charge in [0, 0.05) is 32.0 Å². The Labute approximate surface area is 176 Å². The molecule has 134 valence electrons. The van der Waals surface area contributed by atoms with E-state index in [1.54, 1.807) is 0 Å². The molecule has 0 aromatic carbocycles. The van der Waals surface area contributed by atoms with Crippen molar-refractivity contribution < 1.29 is 0 Å². The van der Waals surface area contributed by atoms with Crippen molar-refractivity contribution in [3.8, 4) is 0 Å². The minimum atomic E-state index is 0.345. The van der Waals surface area contributed by atoms with Gasteiger partial charge in [-0.25, -0.2) is 0 Å². The van der Waals surface area contributed by atoms with Crippen molar-refractivity contribution in [2.75, 3.05) is 11.5 Å². The van der Waals surface area contributed by atoms with Gasteiger partial charge in [0.05, 0.1) is 0 Å². The lowest BCUT2D eigenvalue weighted by Gasteiger charge is -2.18. The van der Waals surface area contributed by atoms with Crippen LogP contribution in [0.25, 0.3) is 0 Å². The van der Waals surface area contributed by atoms with Crippen molar-refractivity contribution in [3.05, 3.63) is 0 Å². The molecule has 0 aliphatic carbocycles. The third-order valence-corrected chi connectivity index (χ3v) is 7.12. The zero-order chi connectivity index (χ0) is 17.0. The Morgan fingerprint density at radius 3 is 1.18 bits per heavy atom. The molecule has 5 atom stereocenters. The number of hydrogen-bond donors (Lipinski definition) is 7. The highest BCUT2D eigenvalue weighted by molar-refractivity contribution is 7.85. The van der Waals surface area contributed by atoms with Crippen LogP contribution in [0, 0.1) is 0 Å². The van der Waals surface area contributed by atoms with Gasteiger partial charge in [-0.2, -0.15) is 88.4 Å². The zero-order valence-corrected chi connectivity index (χ0v) is 19.3. The highest BCUT2D eigenvalue weighted by Gasteiger charge is 2.13. The Hall–Kier alpha value is 2.45. The van der Waals surface area contributed by atoms with Crippen LogP contribution in [0.4, 0.5) is 0 Å². The molecule has 0 radical (unpaired) electrons. The van der Waals surface area contributed by atoms with E-state index in [1.165, 1.54) is 0 Å². The monoisotopic (exact) mass is 436 g/mol. The van der Waals surface area contributed by atoms with Gasteiger partial charge in [0.2, 0.25) is 0 Å². The van der Waals surface area contributed by atoms with Gasteiger partial charge < -0.3 is 0 Å². The predicted molar refractivity (Wildman–Crippen MR) is 129 cm³/mol. The Morgan fingerprint density at radius 2 is 0.818 bits per heavy atom. The molecule has 7 heteroatoms. The molecular formula is C15H32S7. The standard InChI is InChI=1S/C15H32S7/c16-8-7-13(20)4-3-11(18)1-2-12(19)5-6-14(21)9-15(22)10-17/h11-22H,1-10H2. The average Bonchev–Trinajstić information content (AvgIpc) is 2.48. The molecule has 0 saturated heterocycles. The SMILES string of the molecule is SCCC(S)CCC(S)CCC(S)CCC(S)CC(S)CS. The van der Waals surface area contributed by atoms with Crippen LogP contribution in [0.5, 0.6) is 0 Å². The van der Waals surface area contributed by atoms with Gasteiger partial charge in [-0.15, -0.1) is 0 Å². The Morgan fingerprint density at radius 1 is 0.455 bits per heavy atom. The predicted octanol–water partition coefficient (Wildman–Crippen LogP) is 5.46. The first-order valence-corrected chi connectivity index (χ1v) is 11.9. The van der Waals surface area contributed by atoms with Gasteiger partial charge in [-0.05, 0) is 57.1 Å². The molecule has 0 saturated carbocycles. The van der Waals surface area contributed by atoms with E-state index < -0.39 is 0 Å². The smallest absolute Gasteiger partial charge is 0.0115 e. The second-order valence-electron chi connectivity index (χ2n) is 5.93. The molecule has 0 fully saturated rings. The fourth-order valence-corrected chi connectivity index (χ4v) is 4.61. The first kappa shape index (κ1) is 24.5. The summed E-state index contributed by atoms with van der Waals surface area (Å²) in [5.41, 5.74) is 0. The summed E-state index contributed by atoms with van der Waals surface area (Å²) in [5, 5.41) is 2.12. The molecule has 0 N–H and O–H groups in total. The van der Waals surface area contributed by atoms with E-state index in [0.29, 0.717) is 26.2 Å². The summed E-state index contributed by atoms with van der Waals surface area (Å²) >= 11 is 31.6. The van der Waals surface area contributed by atoms with Crippen molar-refractivity contribution in [1.29, 1.82) is 0 Å². The lowest BCUT2D eigenvalue weighted by molar-refractivity contribution is 0.572. The third kappa shape index (κ3) is 14.8. The Kier molecular flexibility index (Phi) is 17.4. The summed E-state index contributed by atoms with van der Waals surface area (Å²) in [4.78, 5) is 0. The minimum absolute atomic E-state index is 0.345. The Bertz CT molecular complexity index is 252. The minimum Gasteiger partial charge on any atom is -0.179 e. The summed E-state index contributed by atoms with van der Waals surface area (Å²) in [7, 11) is 0. The summed E-state index contributed by atoms with van der Waals surface area (Å²) in [6.45, 7) is 0. The van der Waals surface area contributed by atoms with E-state index in [-0.39, 0.29) is 0 Å². The van der Waals surface area contributed by atoms with Crippen molar-refractivity contribution in [1.82, 2.24) is 0 Å². The van der Waals surface area contributed by atoms with Crippen LogP contribution in [0.15, 0.2) is 0 Å². The van der Waals surface area contributed by atoms with Gasteiger partial charge in [-0.1, -0.05) is 0 Å². The summed E-state index contributed by atoms with van der Waals surface area (Å²) < 4.78 is 0.